The van der Waals surface area contributed by atoms with E-state index in [0.717, 1.165) is 17.7 Å². The molecule has 0 heterocycles. The molecule has 0 aliphatic carbocycles. The maximum absolute atomic E-state index is 12.5. The van der Waals surface area contributed by atoms with Crippen LogP contribution in [-0.4, -0.2) is 6.03 Å². The number of carbonyl (C=O) groups is 1. The number of rotatable bonds is 4. The van der Waals surface area contributed by atoms with E-state index in [1.54, 1.807) is 0 Å². The van der Waals surface area contributed by atoms with Crippen molar-refractivity contribution in [1.82, 2.24) is 10.6 Å². The van der Waals surface area contributed by atoms with Crippen molar-refractivity contribution in [3.63, 3.8) is 0 Å². The van der Waals surface area contributed by atoms with Crippen molar-refractivity contribution in [2.45, 2.75) is 25.7 Å². The van der Waals surface area contributed by atoms with Gasteiger partial charge in [-0.2, -0.15) is 13.2 Å². The van der Waals surface area contributed by atoms with Crippen LogP contribution in [-0.2, 0) is 12.7 Å². The van der Waals surface area contributed by atoms with Crippen LogP contribution in [0.1, 0.15) is 29.7 Å². The van der Waals surface area contributed by atoms with Gasteiger partial charge in [-0.25, -0.2) is 4.79 Å². The normalized spacial score (nSPS) is 12.5. The summed E-state index contributed by atoms with van der Waals surface area (Å²) in [6, 6.07) is 13.6. The van der Waals surface area contributed by atoms with Crippen LogP contribution in [0.2, 0.25) is 0 Å². The molecule has 0 aliphatic rings. The number of nitrogens with one attached hydrogen (secondary N) is 2. The van der Waals surface area contributed by atoms with Gasteiger partial charge in [0.15, 0.2) is 0 Å². The molecule has 2 rings (SSSR count). The first-order valence-electron chi connectivity index (χ1n) is 7.11. The van der Waals surface area contributed by atoms with Gasteiger partial charge in [0.1, 0.15) is 0 Å². The van der Waals surface area contributed by atoms with Gasteiger partial charge in [-0.3, -0.25) is 0 Å². The lowest BCUT2D eigenvalue weighted by Gasteiger charge is -2.15. The van der Waals surface area contributed by atoms with E-state index in [4.69, 9.17) is 0 Å². The molecule has 0 radical (unpaired) electrons. The van der Waals surface area contributed by atoms with E-state index >= 15 is 0 Å². The van der Waals surface area contributed by atoms with Crippen molar-refractivity contribution >= 4 is 6.03 Å². The predicted octanol–water partition coefficient (Wildman–Crippen LogP) is 4.27. The summed E-state index contributed by atoms with van der Waals surface area (Å²) in [5.74, 6) is 0. The summed E-state index contributed by atoms with van der Waals surface area (Å²) in [4.78, 5) is 11.8. The summed E-state index contributed by atoms with van der Waals surface area (Å²) in [6.45, 7) is 2.01. The van der Waals surface area contributed by atoms with Crippen molar-refractivity contribution in [3.05, 3.63) is 71.3 Å². The number of carbonyl (C=O) groups excluding carboxylic acids is 1. The Hall–Kier alpha value is -2.50. The Kier molecular flexibility index (Phi) is 5.26. The average Bonchev–Trinajstić information content (AvgIpc) is 2.53. The van der Waals surface area contributed by atoms with Gasteiger partial charge in [0, 0.05) is 6.54 Å². The molecule has 122 valence electrons. The summed E-state index contributed by atoms with van der Waals surface area (Å²) in [5.41, 5.74) is 0.862. The molecular weight excluding hydrogens is 305 g/mol. The Morgan fingerprint density at radius 2 is 1.65 bits per heavy atom. The highest BCUT2D eigenvalue weighted by Crippen LogP contribution is 2.29. The van der Waals surface area contributed by atoms with E-state index in [9.17, 15) is 18.0 Å². The fourth-order valence-electron chi connectivity index (χ4n) is 2.07. The van der Waals surface area contributed by atoms with Crippen LogP contribution < -0.4 is 10.6 Å². The summed E-state index contributed by atoms with van der Waals surface area (Å²) >= 11 is 0. The van der Waals surface area contributed by atoms with Crippen LogP contribution in [0, 0.1) is 0 Å². The van der Waals surface area contributed by atoms with Crippen LogP contribution in [0.3, 0.4) is 0 Å². The van der Waals surface area contributed by atoms with Gasteiger partial charge < -0.3 is 10.6 Å². The predicted molar refractivity (Wildman–Crippen MR) is 81.7 cm³/mol. The summed E-state index contributed by atoms with van der Waals surface area (Å²) in [6.07, 6.45) is -4.35. The Bertz CT molecular complexity index is 639. The smallest absolute Gasteiger partial charge is 0.334 e. The molecule has 0 aliphatic heterocycles. The molecule has 0 spiro atoms. The fraction of sp³-hybridized carbons (Fsp3) is 0.235. The highest BCUT2D eigenvalue weighted by Gasteiger charge is 2.29. The first-order valence-corrected chi connectivity index (χ1v) is 7.11. The number of hydrogen-bond donors (Lipinski definition) is 2. The van der Waals surface area contributed by atoms with Crippen molar-refractivity contribution in [1.29, 1.82) is 0 Å². The SMILES string of the molecule is C[C@H](NC(=O)NCc1ccc(C(F)(F)F)cc1)c1ccccc1. The molecule has 0 unspecified atom stereocenters. The standard InChI is InChI=1S/C17H17F3N2O/c1-12(14-5-3-2-4-6-14)22-16(23)21-11-13-7-9-15(10-8-13)17(18,19)20/h2-10,12H,11H2,1H3,(H2,21,22,23)/t12-/m0/s1. The second-order valence-corrected chi connectivity index (χ2v) is 5.15. The van der Waals surface area contributed by atoms with Gasteiger partial charge in [-0.15, -0.1) is 0 Å². The van der Waals surface area contributed by atoms with Crippen LogP contribution in [0.25, 0.3) is 0 Å². The number of amides is 2. The monoisotopic (exact) mass is 322 g/mol. The third kappa shape index (κ3) is 5.02. The Morgan fingerprint density at radius 3 is 2.22 bits per heavy atom. The molecule has 0 saturated carbocycles. The number of urea groups is 1. The lowest BCUT2D eigenvalue weighted by atomic mass is 10.1. The molecule has 2 amide bonds. The van der Waals surface area contributed by atoms with Crippen LogP contribution in [0.15, 0.2) is 54.6 Å². The summed E-state index contributed by atoms with van der Waals surface area (Å²) < 4.78 is 37.4. The van der Waals surface area contributed by atoms with E-state index in [-0.39, 0.29) is 18.6 Å². The quantitative estimate of drug-likeness (QED) is 0.867. The second kappa shape index (κ2) is 7.17. The lowest BCUT2D eigenvalue weighted by Crippen LogP contribution is -2.36. The van der Waals surface area contributed by atoms with E-state index in [1.807, 2.05) is 37.3 Å². The number of alkyl halides is 3. The molecule has 1 atom stereocenters. The van der Waals surface area contributed by atoms with E-state index < -0.39 is 11.7 Å². The largest absolute Gasteiger partial charge is 0.416 e. The average molecular weight is 322 g/mol. The Labute approximate surface area is 132 Å². The van der Waals surface area contributed by atoms with Gasteiger partial charge in [-0.1, -0.05) is 42.5 Å². The minimum atomic E-state index is -4.35. The zero-order chi connectivity index (χ0) is 16.9. The Balaban J connectivity index is 1.85. The maximum Gasteiger partial charge on any atom is 0.416 e. The molecular formula is C17H17F3N2O. The lowest BCUT2D eigenvalue weighted by molar-refractivity contribution is -0.137. The van der Waals surface area contributed by atoms with Gasteiger partial charge in [0.2, 0.25) is 0 Å². The minimum Gasteiger partial charge on any atom is -0.334 e. The van der Waals surface area contributed by atoms with Crippen LogP contribution >= 0.6 is 0 Å². The van der Waals surface area contributed by atoms with E-state index in [2.05, 4.69) is 10.6 Å². The molecule has 23 heavy (non-hydrogen) atoms. The van der Waals surface area contributed by atoms with Gasteiger partial charge >= 0.3 is 12.2 Å². The zero-order valence-electron chi connectivity index (χ0n) is 12.5. The third-order valence-electron chi connectivity index (χ3n) is 3.38. The molecule has 2 aromatic rings. The summed E-state index contributed by atoms with van der Waals surface area (Å²) in [7, 11) is 0. The third-order valence-corrected chi connectivity index (χ3v) is 3.38. The molecule has 0 aromatic heterocycles. The number of halogens is 3. The first-order chi connectivity index (χ1) is 10.9. The van der Waals surface area contributed by atoms with E-state index in [0.29, 0.717) is 5.56 Å². The van der Waals surface area contributed by atoms with Gasteiger partial charge in [-0.05, 0) is 30.2 Å². The van der Waals surface area contributed by atoms with Crippen molar-refractivity contribution < 1.29 is 18.0 Å². The Morgan fingerprint density at radius 1 is 1.04 bits per heavy atom. The highest BCUT2D eigenvalue weighted by atomic mass is 19.4. The molecule has 3 nitrogen and oxygen atoms in total. The van der Waals surface area contributed by atoms with Gasteiger partial charge in [0.05, 0.1) is 11.6 Å². The molecule has 0 fully saturated rings. The molecule has 2 aromatic carbocycles. The van der Waals surface area contributed by atoms with Crippen molar-refractivity contribution in [2.75, 3.05) is 0 Å². The van der Waals surface area contributed by atoms with Crippen molar-refractivity contribution in [3.8, 4) is 0 Å². The number of hydrogen-bond acceptors (Lipinski definition) is 1. The fourth-order valence-corrected chi connectivity index (χ4v) is 2.07. The van der Waals surface area contributed by atoms with Crippen molar-refractivity contribution in [2.24, 2.45) is 0 Å². The maximum atomic E-state index is 12.5. The van der Waals surface area contributed by atoms with E-state index in [1.165, 1.54) is 12.1 Å². The molecule has 0 saturated heterocycles. The van der Waals surface area contributed by atoms with Crippen LogP contribution in [0.4, 0.5) is 18.0 Å². The molecule has 2 N–H and O–H groups in total. The number of benzene rings is 2. The second-order valence-electron chi connectivity index (χ2n) is 5.15. The topological polar surface area (TPSA) is 41.1 Å². The molecule has 6 heteroatoms. The summed E-state index contributed by atoms with van der Waals surface area (Å²) in [5, 5.41) is 5.40. The minimum absolute atomic E-state index is 0.158. The van der Waals surface area contributed by atoms with Gasteiger partial charge in [0.25, 0.3) is 0 Å². The molecule has 0 bridgehead atoms. The highest BCUT2D eigenvalue weighted by molar-refractivity contribution is 5.74. The first kappa shape index (κ1) is 16.9. The zero-order valence-corrected chi connectivity index (χ0v) is 12.5. The van der Waals surface area contributed by atoms with Crippen LogP contribution in [0.5, 0.6) is 0 Å².